The summed E-state index contributed by atoms with van der Waals surface area (Å²) in [6.07, 6.45) is 0. The van der Waals surface area contributed by atoms with Crippen molar-refractivity contribution in [2.45, 2.75) is 26.4 Å². The number of nitrogens with two attached hydrogens (primary N) is 1. The third kappa shape index (κ3) is 3.05. The number of hydrogen-bond donors (Lipinski definition) is 1. The van der Waals surface area contributed by atoms with Gasteiger partial charge in [-0.15, -0.1) is 0 Å². The van der Waals surface area contributed by atoms with E-state index in [0.717, 1.165) is 22.3 Å². The van der Waals surface area contributed by atoms with E-state index in [0.29, 0.717) is 18.7 Å². The molecule has 1 atom stereocenters. The second-order valence-corrected chi connectivity index (χ2v) is 5.85. The van der Waals surface area contributed by atoms with Gasteiger partial charge in [-0.3, -0.25) is 4.79 Å². The monoisotopic (exact) mass is 322 g/mol. The van der Waals surface area contributed by atoms with E-state index in [2.05, 4.69) is 0 Å². The fourth-order valence-corrected chi connectivity index (χ4v) is 2.90. The maximum absolute atomic E-state index is 12.9. The maximum atomic E-state index is 12.9. The molecule has 2 N–H and O–H groups in total. The molecule has 1 aromatic heterocycles. The molecule has 3 aromatic rings. The van der Waals surface area contributed by atoms with Crippen molar-refractivity contribution >= 4 is 16.9 Å². The van der Waals surface area contributed by atoms with Crippen molar-refractivity contribution in [1.82, 2.24) is 4.90 Å². The number of rotatable bonds is 5. The Bertz CT molecular complexity index is 803. The Kier molecular flexibility index (Phi) is 4.67. The Labute approximate surface area is 141 Å². The first kappa shape index (κ1) is 16.3. The zero-order valence-corrected chi connectivity index (χ0v) is 14.0. The van der Waals surface area contributed by atoms with Gasteiger partial charge in [0, 0.05) is 24.0 Å². The SMILES string of the molecule is CCN(C(=O)c1ccc(CN)cc1)C(C)c1cc2ccccc2o1. The van der Waals surface area contributed by atoms with E-state index in [1.165, 1.54) is 0 Å². The second-order valence-electron chi connectivity index (χ2n) is 5.85. The Morgan fingerprint density at radius 2 is 1.88 bits per heavy atom. The highest BCUT2D eigenvalue weighted by Crippen LogP contribution is 2.28. The first-order valence-electron chi connectivity index (χ1n) is 8.22. The van der Waals surface area contributed by atoms with Crippen LogP contribution in [0.2, 0.25) is 0 Å². The molecule has 0 radical (unpaired) electrons. The first-order valence-corrected chi connectivity index (χ1v) is 8.22. The molecule has 1 amide bonds. The van der Waals surface area contributed by atoms with Gasteiger partial charge in [-0.1, -0.05) is 30.3 Å². The number of para-hydroxylation sites is 1. The summed E-state index contributed by atoms with van der Waals surface area (Å²) in [5, 5.41) is 1.05. The van der Waals surface area contributed by atoms with Gasteiger partial charge in [-0.2, -0.15) is 0 Å². The lowest BCUT2D eigenvalue weighted by Crippen LogP contribution is -2.33. The van der Waals surface area contributed by atoms with Crippen LogP contribution in [-0.2, 0) is 6.54 Å². The van der Waals surface area contributed by atoms with Gasteiger partial charge in [0.2, 0.25) is 0 Å². The summed E-state index contributed by atoms with van der Waals surface area (Å²) in [5.74, 6) is 0.791. The van der Waals surface area contributed by atoms with E-state index in [1.807, 2.05) is 73.3 Å². The van der Waals surface area contributed by atoms with E-state index in [9.17, 15) is 4.79 Å². The van der Waals surface area contributed by atoms with Crippen LogP contribution in [0.25, 0.3) is 11.0 Å². The lowest BCUT2D eigenvalue weighted by molar-refractivity contribution is 0.0684. The van der Waals surface area contributed by atoms with Crippen LogP contribution in [-0.4, -0.2) is 17.4 Å². The van der Waals surface area contributed by atoms with Crippen molar-refractivity contribution in [1.29, 1.82) is 0 Å². The molecule has 0 aliphatic heterocycles. The maximum Gasteiger partial charge on any atom is 0.254 e. The molecule has 4 nitrogen and oxygen atoms in total. The summed E-state index contributed by atoms with van der Waals surface area (Å²) in [7, 11) is 0. The Balaban J connectivity index is 1.87. The summed E-state index contributed by atoms with van der Waals surface area (Å²) in [4.78, 5) is 14.7. The third-order valence-electron chi connectivity index (χ3n) is 4.36. The van der Waals surface area contributed by atoms with Crippen molar-refractivity contribution in [2.75, 3.05) is 6.54 Å². The van der Waals surface area contributed by atoms with Crippen LogP contribution in [0.4, 0.5) is 0 Å². The minimum atomic E-state index is -0.135. The number of carbonyl (C=O) groups excluding carboxylic acids is 1. The fourth-order valence-electron chi connectivity index (χ4n) is 2.90. The van der Waals surface area contributed by atoms with Gasteiger partial charge in [-0.05, 0) is 43.7 Å². The predicted molar refractivity (Wildman–Crippen MR) is 95.7 cm³/mol. The molecule has 0 aliphatic rings. The number of nitrogens with zero attached hydrogens (tertiary/aromatic N) is 1. The zero-order valence-electron chi connectivity index (χ0n) is 14.0. The quantitative estimate of drug-likeness (QED) is 0.769. The third-order valence-corrected chi connectivity index (χ3v) is 4.36. The molecule has 1 unspecified atom stereocenters. The minimum Gasteiger partial charge on any atom is -0.459 e. The van der Waals surface area contributed by atoms with Crippen molar-refractivity contribution in [3.8, 4) is 0 Å². The first-order chi connectivity index (χ1) is 11.6. The van der Waals surface area contributed by atoms with E-state index in [1.54, 1.807) is 0 Å². The molecule has 124 valence electrons. The van der Waals surface area contributed by atoms with Gasteiger partial charge in [0.15, 0.2) is 0 Å². The average Bonchev–Trinajstić information content (AvgIpc) is 3.06. The highest BCUT2D eigenvalue weighted by atomic mass is 16.3. The van der Waals surface area contributed by atoms with Crippen LogP contribution in [0, 0.1) is 0 Å². The minimum absolute atomic E-state index is 0.00553. The van der Waals surface area contributed by atoms with Gasteiger partial charge >= 0.3 is 0 Å². The van der Waals surface area contributed by atoms with Gasteiger partial charge in [0.25, 0.3) is 5.91 Å². The van der Waals surface area contributed by atoms with Crippen molar-refractivity contribution in [3.05, 3.63) is 71.5 Å². The second kappa shape index (κ2) is 6.89. The summed E-state index contributed by atoms with van der Waals surface area (Å²) in [6, 6.07) is 17.2. The van der Waals surface area contributed by atoms with Gasteiger partial charge < -0.3 is 15.1 Å². The summed E-state index contributed by atoms with van der Waals surface area (Å²) in [5.41, 5.74) is 8.14. The average molecular weight is 322 g/mol. The van der Waals surface area contributed by atoms with E-state index < -0.39 is 0 Å². The van der Waals surface area contributed by atoms with Crippen LogP contribution in [0.1, 0.15) is 41.6 Å². The van der Waals surface area contributed by atoms with Crippen LogP contribution in [0.5, 0.6) is 0 Å². The molecule has 0 saturated heterocycles. The lowest BCUT2D eigenvalue weighted by atomic mass is 10.1. The Morgan fingerprint density at radius 3 is 2.50 bits per heavy atom. The van der Waals surface area contributed by atoms with Crippen molar-refractivity contribution in [3.63, 3.8) is 0 Å². The number of fused-ring (bicyclic) bond motifs is 1. The molecule has 4 heteroatoms. The zero-order chi connectivity index (χ0) is 17.1. The summed E-state index contributed by atoms with van der Waals surface area (Å²) >= 11 is 0. The van der Waals surface area contributed by atoms with E-state index in [-0.39, 0.29) is 11.9 Å². The van der Waals surface area contributed by atoms with Crippen LogP contribution in [0.15, 0.2) is 59.0 Å². The summed E-state index contributed by atoms with van der Waals surface area (Å²) in [6.45, 7) is 5.05. The highest BCUT2D eigenvalue weighted by Gasteiger charge is 2.23. The smallest absolute Gasteiger partial charge is 0.254 e. The Hall–Kier alpha value is -2.59. The Morgan fingerprint density at radius 1 is 1.17 bits per heavy atom. The molecule has 24 heavy (non-hydrogen) atoms. The number of hydrogen-bond acceptors (Lipinski definition) is 3. The molecule has 1 heterocycles. The number of carbonyl (C=O) groups is 1. The number of benzene rings is 2. The van der Waals surface area contributed by atoms with Crippen molar-refractivity contribution < 1.29 is 9.21 Å². The lowest BCUT2D eigenvalue weighted by Gasteiger charge is -2.26. The molecule has 0 fully saturated rings. The largest absolute Gasteiger partial charge is 0.459 e. The molecule has 0 saturated carbocycles. The standard InChI is InChI=1S/C20H22N2O2/c1-3-22(20(23)16-10-8-15(13-21)9-11-16)14(2)19-12-17-6-4-5-7-18(17)24-19/h4-12,14H,3,13,21H2,1-2H3. The van der Waals surface area contributed by atoms with Crippen molar-refractivity contribution in [2.24, 2.45) is 5.73 Å². The molecular weight excluding hydrogens is 300 g/mol. The summed E-state index contributed by atoms with van der Waals surface area (Å²) < 4.78 is 5.92. The number of amides is 1. The molecule has 0 aliphatic carbocycles. The van der Waals surface area contributed by atoms with E-state index in [4.69, 9.17) is 10.2 Å². The van der Waals surface area contributed by atoms with Gasteiger partial charge in [0.05, 0.1) is 6.04 Å². The predicted octanol–water partition coefficient (Wildman–Crippen LogP) is 4.11. The topological polar surface area (TPSA) is 59.5 Å². The molecular formula is C20H22N2O2. The van der Waals surface area contributed by atoms with Gasteiger partial charge in [0.1, 0.15) is 11.3 Å². The van der Waals surface area contributed by atoms with Gasteiger partial charge in [-0.25, -0.2) is 0 Å². The van der Waals surface area contributed by atoms with Crippen LogP contribution >= 0.6 is 0 Å². The molecule has 0 bridgehead atoms. The normalized spacial score (nSPS) is 12.3. The van der Waals surface area contributed by atoms with Crippen LogP contribution in [0.3, 0.4) is 0 Å². The molecule has 2 aromatic carbocycles. The molecule has 0 spiro atoms. The highest BCUT2D eigenvalue weighted by molar-refractivity contribution is 5.94. The number of furan rings is 1. The fraction of sp³-hybridized carbons (Fsp3) is 0.250. The molecule has 3 rings (SSSR count). The van der Waals surface area contributed by atoms with Crippen LogP contribution < -0.4 is 5.73 Å². The van der Waals surface area contributed by atoms with E-state index >= 15 is 0 Å².